The summed E-state index contributed by atoms with van der Waals surface area (Å²) in [6.07, 6.45) is 3.28. The van der Waals surface area contributed by atoms with E-state index in [2.05, 4.69) is 20.2 Å². The van der Waals surface area contributed by atoms with Crippen molar-refractivity contribution in [3.05, 3.63) is 63.7 Å². The number of carbonyl (C=O) groups is 2. The molecular weight excluding hydrogens is 550 g/mol. The molecule has 3 unspecified atom stereocenters. The Morgan fingerprint density at radius 2 is 1.93 bits per heavy atom. The maximum atomic E-state index is 13.0. The van der Waals surface area contributed by atoms with Crippen molar-refractivity contribution in [2.75, 3.05) is 24.6 Å². The number of alkyl halides is 2. The largest absolute Gasteiger partial charge is 0.491 e. The fourth-order valence-corrected chi connectivity index (χ4v) is 5.72. The molecule has 5 rings (SSSR count). The molecule has 1 saturated heterocycles. The summed E-state index contributed by atoms with van der Waals surface area (Å²) in [6.45, 7) is 6.77. The molecule has 3 heterocycles. The number of ketones is 1. The van der Waals surface area contributed by atoms with E-state index in [1.165, 1.54) is 11.3 Å². The average molecular weight is 585 g/mol. The van der Waals surface area contributed by atoms with Gasteiger partial charge in [-0.2, -0.15) is 0 Å². The van der Waals surface area contributed by atoms with Gasteiger partial charge in [0.05, 0.1) is 42.0 Å². The highest BCUT2D eigenvalue weighted by Crippen LogP contribution is 2.48. The first-order chi connectivity index (χ1) is 19.6. The number of halogens is 2. The molecule has 1 amide bonds. The highest BCUT2D eigenvalue weighted by Gasteiger charge is 2.57. The lowest BCUT2D eigenvalue weighted by atomic mass is 10.1. The van der Waals surface area contributed by atoms with E-state index in [0.717, 1.165) is 35.1 Å². The van der Waals surface area contributed by atoms with Crippen molar-refractivity contribution in [2.24, 2.45) is 5.92 Å². The molecule has 2 aromatic heterocycles. The predicted octanol–water partition coefficient (Wildman–Crippen LogP) is 5.55. The number of carbonyl (C=O) groups excluding carboxylic acids is 2. The summed E-state index contributed by atoms with van der Waals surface area (Å²) in [5.41, 5.74) is 1.63. The molecule has 41 heavy (non-hydrogen) atoms. The molecule has 2 fully saturated rings. The van der Waals surface area contributed by atoms with Gasteiger partial charge in [0.2, 0.25) is 0 Å². The number of rotatable bonds is 12. The summed E-state index contributed by atoms with van der Waals surface area (Å²) >= 11 is 1.34. The molecule has 1 N–H and O–H groups in total. The summed E-state index contributed by atoms with van der Waals surface area (Å²) in [4.78, 5) is 35.7. The van der Waals surface area contributed by atoms with Crippen molar-refractivity contribution >= 4 is 28.8 Å². The summed E-state index contributed by atoms with van der Waals surface area (Å²) in [5, 5.41) is 3.83. The fourth-order valence-electron chi connectivity index (χ4n) is 4.75. The van der Waals surface area contributed by atoms with Crippen LogP contribution in [-0.4, -0.2) is 53.4 Å². The van der Waals surface area contributed by atoms with Gasteiger partial charge in [-0.1, -0.05) is 12.1 Å². The van der Waals surface area contributed by atoms with Crippen molar-refractivity contribution in [3.63, 3.8) is 0 Å². The Kier molecular flexibility index (Phi) is 8.53. The number of aryl methyl sites for hydroxylation is 2. The molecule has 0 spiro atoms. The highest BCUT2D eigenvalue weighted by molar-refractivity contribution is 7.13. The number of pyridine rings is 1. The van der Waals surface area contributed by atoms with E-state index in [0.29, 0.717) is 35.7 Å². The zero-order chi connectivity index (χ0) is 29.1. The van der Waals surface area contributed by atoms with Crippen LogP contribution in [0.15, 0.2) is 42.6 Å². The molecule has 1 aliphatic heterocycles. The molecule has 8 nitrogen and oxygen atoms in total. The van der Waals surface area contributed by atoms with Gasteiger partial charge in [-0.3, -0.25) is 4.79 Å². The van der Waals surface area contributed by atoms with E-state index in [1.54, 1.807) is 19.2 Å². The number of Topliss-reactive ketones (excluding diaryl/α,β-unsaturated/α-hetero) is 1. The van der Waals surface area contributed by atoms with Crippen molar-refractivity contribution in [1.29, 1.82) is 0 Å². The molecule has 3 atom stereocenters. The smallest absolute Gasteiger partial charge is 0.263 e. The van der Waals surface area contributed by atoms with Gasteiger partial charge >= 0.3 is 0 Å². The van der Waals surface area contributed by atoms with Crippen molar-refractivity contribution in [3.8, 4) is 11.5 Å². The lowest BCUT2D eigenvalue weighted by molar-refractivity contribution is -0.116. The number of ether oxygens (including phenoxy) is 2. The molecular formula is C30H34F2N4O4S. The van der Waals surface area contributed by atoms with Crippen molar-refractivity contribution < 1.29 is 27.8 Å². The summed E-state index contributed by atoms with van der Waals surface area (Å²) in [7, 11) is 0. The number of hydrogen-bond donors (Lipinski definition) is 1. The molecule has 3 aromatic rings. The Morgan fingerprint density at radius 1 is 1.20 bits per heavy atom. The van der Waals surface area contributed by atoms with E-state index < -0.39 is 11.8 Å². The SMILES string of the molecule is CC(=O)CCc1nc(C)c(C(=O)NC(C)c2ccc(OC3CCN(c4ccc(OCC5CC5(F)F)cn4)C3)cc2)s1. The first kappa shape index (κ1) is 28.9. The molecule has 0 radical (unpaired) electrons. The molecule has 218 valence electrons. The van der Waals surface area contributed by atoms with E-state index in [9.17, 15) is 18.4 Å². The molecule has 2 aliphatic rings. The van der Waals surface area contributed by atoms with E-state index >= 15 is 0 Å². The first-order valence-electron chi connectivity index (χ1n) is 13.8. The third-order valence-corrected chi connectivity index (χ3v) is 8.58. The van der Waals surface area contributed by atoms with Gasteiger partial charge in [-0.25, -0.2) is 18.7 Å². The third kappa shape index (κ3) is 7.38. The number of benzene rings is 1. The second-order valence-corrected chi connectivity index (χ2v) is 11.9. The van der Waals surface area contributed by atoms with Gasteiger partial charge in [0, 0.05) is 32.2 Å². The summed E-state index contributed by atoms with van der Waals surface area (Å²) in [5.74, 6) is -1.32. The summed E-state index contributed by atoms with van der Waals surface area (Å²) < 4.78 is 37.7. The number of hydrogen-bond acceptors (Lipinski definition) is 8. The minimum Gasteiger partial charge on any atom is -0.491 e. The normalized spacial score (nSPS) is 20.0. The second kappa shape index (κ2) is 12.1. The van der Waals surface area contributed by atoms with Gasteiger partial charge in [0.25, 0.3) is 11.8 Å². The van der Waals surface area contributed by atoms with Crippen LogP contribution >= 0.6 is 11.3 Å². The van der Waals surface area contributed by atoms with Gasteiger partial charge in [0.15, 0.2) is 0 Å². The lowest BCUT2D eigenvalue weighted by Gasteiger charge is -2.19. The van der Waals surface area contributed by atoms with Crippen LogP contribution in [0, 0.1) is 12.8 Å². The summed E-state index contributed by atoms with van der Waals surface area (Å²) in [6, 6.07) is 11.1. The van der Waals surface area contributed by atoms with Crippen LogP contribution in [0.2, 0.25) is 0 Å². The first-order valence-corrected chi connectivity index (χ1v) is 14.6. The number of anilines is 1. The highest BCUT2D eigenvalue weighted by atomic mass is 32.1. The number of nitrogens with one attached hydrogen (secondary N) is 1. The van der Waals surface area contributed by atoms with Gasteiger partial charge in [-0.05, 0) is 50.6 Å². The second-order valence-electron chi connectivity index (χ2n) is 10.8. The predicted molar refractivity (Wildman–Crippen MR) is 152 cm³/mol. The topological polar surface area (TPSA) is 93.7 Å². The van der Waals surface area contributed by atoms with Crippen LogP contribution in [0.1, 0.15) is 65.1 Å². The van der Waals surface area contributed by atoms with Gasteiger partial charge in [0.1, 0.15) is 34.1 Å². The fraction of sp³-hybridized carbons (Fsp3) is 0.467. The number of aromatic nitrogens is 2. The number of amides is 1. The lowest BCUT2D eigenvalue weighted by Crippen LogP contribution is -2.26. The van der Waals surface area contributed by atoms with Crippen LogP contribution in [0.3, 0.4) is 0 Å². The Hall–Kier alpha value is -3.60. The maximum absolute atomic E-state index is 13.0. The third-order valence-electron chi connectivity index (χ3n) is 7.37. The van der Waals surface area contributed by atoms with E-state index in [-0.39, 0.29) is 36.9 Å². The van der Waals surface area contributed by atoms with Crippen molar-refractivity contribution in [2.45, 2.75) is 64.5 Å². The van der Waals surface area contributed by atoms with Crippen LogP contribution in [0.5, 0.6) is 11.5 Å². The zero-order valence-electron chi connectivity index (χ0n) is 23.4. The van der Waals surface area contributed by atoms with Crippen LogP contribution in [0.25, 0.3) is 0 Å². The van der Waals surface area contributed by atoms with Crippen LogP contribution in [0.4, 0.5) is 14.6 Å². The van der Waals surface area contributed by atoms with Gasteiger partial charge in [-0.15, -0.1) is 11.3 Å². The Morgan fingerprint density at radius 3 is 2.59 bits per heavy atom. The number of nitrogens with zero attached hydrogens (tertiary/aromatic N) is 3. The monoisotopic (exact) mass is 584 g/mol. The zero-order valence-corrected chi connectivity index (χ0v) is 24.2. The number of thiazole rings is 1. The Balaban J connectivity index is 1.08. The van der Waals surface area contributed by atoms with E-state index in [4.69, 9.17) is 9.47 Å². The van der Waals surface area contributed by atoms with Crippen LogP contribution in [-0.2, 0) is 11.2 Å². The average Bonchev–Trinajstić information content (AvgIpc) is 3.24. The minimum atomic E-state index is -2.59. The molecule has 1 aromatic carbocycles. The molecule has 0 bridgehead atoms. The Labute approximate surface area is 242 Å². The molecule has 1 aliphatic carbocycles. The van der Waals surface area contributed by atoms with Gasteiger partial charge < -0.3 is 24.5 Å². The van der Waals surface area contributed by atoms with E-state index in [1.807, 2.05) is 44.2 Å². The Bertz CT molecular complexity index is 1380. The standard InChI is InChI=1S/C30H34F2N4O4S/c1-18(37)4-11-27-34-20(3)28(41-27)29(38)35-19(2)21-5-7-23(8-6-21)40-25-12-13-36(16-25)26-10-9-24(15-33-26)39-17-22-14-30(22,31)32/h5-10,15,19,22,25H,4,11-14,16-17H2,1-3H3,(H,35,38). The van der Waals surface area contributed by atoms with Crippen LogP contribution < -0.4 is 19.7 Å². The maximum Gasteiger partial charge on any atom is 0.263 e. The molecule has 11 heteroatoms. The quantitative estimate of drug-likeness (QED) is 0.298. The van der Waals surface area contributed by atoms with Crippen molar-refractivity contribution in [1.82, 2.24) is 15.3 Å². The minimum absolute atomic E-state index is 0.000646. The molecule has 1 saturated carbocycles.